The zero-order valence-electron chi connectivity index (χ0n) is 8.01. The number of carboxylic acids is 1. The Balaban J connectivity index is 2.38. The topological polar surface area (TPSA) is 104 Å². The standard InChI is InChI=1S/C9H12N2O4/c10-6-5-2-1-4(3-12)7(9(14)15)11(5)8(6)13/h5-6,12H,1-3,10H2,(H,14,15)/t5?,6-/m0/s1. The molecule has 1 amide bonds. The number of β-lactam (4-membered cyclic amide) rings is 1. The molecule has 2 aliphatic rings. The molecule has 0 saturated carbocycles. The van der Waals surface area contributed by atoms with Gasteiger partial charge in [-0.25, -0.2) is 4.79 Å². The second-order valence-corrected chi connectivity index (χ2v) is 3.76. The molecule has 0 radical (unpaired) electrons. The molecule has 2 aliphatic heterocycles. The molecular formula is C9H12N2O4. The van der Waals surface area contributed by atoms with Gasteiger partial charge in [0, 0.05) is 0 Å². The van der Waals surface area contributed by atoms with E-state index in [0.717, 1.165) is 0 Å². The number of aliphatic carboxylic acids is 1. The lowest BCUT2D eigenvalue weighted by atomic mass is 9.84. The largest absolute Gasteiger partial charge is 0.477 e. The maximum atomic E-state index is 11.4. The lowest BCUT2D eigenvalue weighted by molar-refractivity contribution is -0.152. The molecule has 1 unspecified atom stereocenters. The fourth-order valence-corrected chi connectivity index (χ4v) is 2.17. The highest BCUT2D eigenvalue weighted by Gasteiger charge is 2.50. The number of carbonyl (C=O) groups is 2. The highest BCUT2D eigenvalue weighted by molar-refractivity contribution is 6.00. The van der Waals surface area contributed by atoms with Crippen molar-refractivity contribution in [1.29, 1.82) is 0 Å². The first-order valence-corrected chi connectivity index (χ1v) is 4.72. The summed E-state index contributed by atoms with van der Waals surface area (Å²) in [4.78, 5) is 23.6. The van der Waals surface area contributed by atoms with Gasteiger partial charge in [0.15, 0.2) is 0 Å². The maximum Gasteiger partial charge on any atom is 0.352 e. The highest BCUT2D eigenvalue weighted by Crippen LogP contribution is 2.35. The molecule has 6 heteroatoms. The fraction of sp³-hybridized carbons (Fsp3) is 0.556. The van der Waals surface area contributed by atoms with Crippen LogP contribution in [-0.4, -0.2) is 45.7 Å². The normalized spacial score (nSPS) is 30.0. The van der Waals surface area contributed by atoms with E-state index in [1.54, 1.807) is 0 Å². The smallest absolute Gasteiger partial charge is 0.352 e. The quantitative estimate of drug-likeness (QED) is 0.491. The summed E-state index contributed by atoms with van der Waals surface area (Å²) < 4.78 is 0. The molecule has 0 aromatic heterocycles. The van der Waals surface area contributed by atoms with Crippen LogP contribution in [-0.2, 0) is 9.59 Å². The molecular weight excluding hydrogens is 200 g/mol. The Morgan fingerprint density at radius 2 is 2.27 bits per heavy atom. The van der Waals surface area contributed by atoms with Gasteiger partial charge < -0.3 is 15.9 Å². The molecule has 0 aromatic carbocycles. The van der Waals surface area contributed by atoms with E-state index in [4.69, 9.17) is 15.9 Å². The van der Waals surface area contributed by atoms with Crippen LogP contribution in [0.15, 0.2) is 11.3 Å². The first-order chi connectivity index (χ1) is 7.07. The van der Waals surface area contributed by atoms with Gasteiger partial charge in [-0.05, 0) is 18.4 Å². The van der Waals surface area contributed by atoms with Crippen molar-refractivity contribution in [3.63, 3.8) is 0 Å². The summed E-state index contributed by atoms with van der Waals surface area (Å²) in [6.07, 6.45) is 1.11. The van der Waals surface area contributed by atoms with E-state index in [0.29, 0.717) is 18.4 Å². The minimum atomic E-state index is -1.18. The Morgan fingerprint density at radius 1 is 1.60 bits per heavy atom. The van der Waals surface area contributed by atoms with Crippen molar-refractivity contribution < 1.29 is 19.8 Å². The van der Waals surface area contributed by atoms with Gasteiger partial charge in [-0.3, -0.25) is 9.69 Å². The molecule has 1 saturated heterocycles. The minimum Gasteiger partial charge on any atom is -0.477 e. The Hall–Kier alpha value is -1.40. The molecule has 82 valence electrons. The van der Waals surface area contributed by atoms with E-state index in [9.17, 15) is 9.59 Å². The summed E-state index contributed by atoms with van der Waals surface area (Å²) in [7, 11) is 0. The van der Waals surface area contributed by atoms with Crippen LogP contribution in [0, 0.1) is 0 Å². The van der Waals surface area contributed by atoms with Crippen molar-refractivity contribution in [3.05, 3.63) is 11.3 Å². The minimum absolute atomic E-state index is 0.0829. The van der Waals surface area contributed by atoms with Crippen LogP contribution in [0.25, 0.3) is 0 Å². The fourth-order valence-electron chi connectivity index (χ4n) is 2.17. The maximum absolute atomic E-state index is 11.4. The van der Waals surface area contributed by atoms with E-state index in [1.807, 2.05) is 0 Å². The summed E-state index contributed by atoms with van der Waals surface area (Å²) in [5.41, 5.74) is 5.88. The Kier molecular flexibility index (Phi) is 2.24. The van der Waals surface area contributed by atoms with Gasteiger partial charge in [0.05, 0.1) is 12.6 Å². The summed E-state index contributed by atoms with van der Waals surface area (Å²) in [5.74, 6) is -1.55. The molecule has 15 heavy (non-hydrogen) atoms. The van der Waals surface area contributed by atoms with Crippen LogP contribution in [0.5, 0.6) is 0 Å². The van der Waals surface area contributed by atoms with Crippen molar-refractivity contribution in [3.8, 4) is 0 Å². The molecule has 0 bridgehead atoms. The van der Waals surface area contributed by atoms with E-state index < -0.39 is 12.0 Å². The third kappa shape index (κ3) is 1.25. The molecule has 1 fully saturated rings. The predicted molar refractivity (Wildman–Crippen MR) is 49.6 cm³/mol. The first-order valence-electron chi connectivity index (χ1n) is 4.72. The predicted octanol–water partition coefficient (Wildman–Crippen LogP) is -1.35. The molecule has 2 rings (SSSR count). The number of carbonyl (C=O) groups excluding carboxylic acids is 1. The Morgan fingerprint density at radius 3 is 2.80 bits per heavy atom. The molecule has 4 N–H and O–H groups in total. The molecule has 0 aliphatic carbocycles. The lowest BCUT2D eigenvalue weighted by Gasteiger charge is -2.48. The number of aliphatic hydroxyl groups excluding tert-OH is 1. The SMILES string of the molecule is N[C@@H]1C(=O)N2C(C(=O)O)=C(CO)CCC12. The van der Waals surface area contributed by atoms with E-state index in [-0.39, 0.29) is 24.3 Å². The summed E-state index contributed by atoms with van der Waals surface area (Å²) in [5, 5.41) is 18.0. The number of hydrogen-bond donors (Lipinski definition) is 3. The van der Waals surface area contributed by atoms with Crippen LogP contribution in [0.3, 0.4) is 0 Å². The van der Waals surface area contributed by atoms with Crippen LogP contribution in [0.4, 0.5) is 0 Å². The Labute approximate surface area is 86.0 Å². The molecule has 6 nitrogen and oxygen atoms in total. The second-order valence-electron chi connectivity index (χ2n) is 3.76. The monoisotopic (exact) mass is 212 g/mol. The van der Waals surface area contributed by atoms with Crippen molar-refractivity contribution in [2.24, 2.45) is 5.73 Å². The number of carboxylic acid groups (broad SMARTS) is 1. The Bertz CT molecular complexity index is 363. The van der Waals surface area contributed by atoms with Crippen molar-refractivity contribution in [2.45, 2.75) is 24.9 Å². The van der Waals surface area contributed by atoms with Crippen LogP contribution in [0.1, 0.15) is 12.8 Å². The number of aliphatic hydroxyl groups is 1. The van der Waals surface area contributed by atoms with Gasteiger partial charge >= 0.3 is 5.97 Å². The number of rotatable bonds is 2. The van der Waals surface area contributed by atoms with Gasteiger partial charge in [0.25, 0.3) is 0 Å². The molecule has 0 spiro atoms. The highest BCUT2D eigenvalue weighted by atomic mass is 16.4. The van der Waals surface area contributed by atoms with E-state index in [2.05, 4.69) is 0 Å². The number of nitrogens with zero attached hydrogens (tertiary/aromatic N) is 1. The zero-order chi connectivity index (χ0) is 11.2. The zero-order valence-corrected chi connectivity index (χ0v) is 8.01. The average Bonchev–Trinajstić information content (AvgIpc) is 2.25. The van der Waals surface area contributed by atoms with Gasteiger partial charge in [0.2, 0.25) is 5.91 Å². The molecule has 2 atom stereocenters. The van der Waals surface area contributed by atoms with Crippen molar-refractivity contribution >= 4 is 11.9 Å². The number of fused-ring (bicyclic) bond motifs is 1. The third-order valence-electron chi connectivity index (χ3n) is 2.98. The van der Waals surface area contributed by atoms with E-state index >= 15 is 0 Å². The number of nitrogens with two attached hydrogens (primary N) is 1. The second kappa shape index (κ2) is 3.32. The van der Waals surface area contributed by atoms with Gasteiger partial charge in [-0.15, -0.1) is 0 Å². The first kappa shape index (κ1) is 10.1. The number of hydrogen-bond acceptors (Lipinski definition) is 4. The van der Waals surface area contributed by atoms with Gasteiger partial charge in [-0.1, -0.05) is 0 Å². The van der Waals surface area contributed by atoms with Gasteiger partial charge in [-0.2, -0.15) is 0 Å². The number of amides is 1. The van der Waals surface area contributed by atoms with Gasteiger partial charge in [0.1, 0.15) is 11.7 Å². The summed E-state index contributed by atoms with van der Waals surface area (Å²) >= 11 is 0. The third-order valence-corrected chi connectivity index (χ3v) is 2.98. The average molecular weight is 212 g/mol. The van der Waals surface area contributed by atoms with Crippen LogP contribution < -0.4 is 5.73 Å². The van der Waals surface area contributed by atoms with Crippen LogP contribution in [0.2, 0.25) is 0 Å². The van der Waals surface area contributed by atoms with Crippen LogP contribution >= 0.6 is 0 Å². The molecule has 0 aromatic rings. The van der Waals surface area contributed by atoms with Crippen molar-refractivity contribution in [2.75, 3.05) is 6.61 Å². The lowest BCUT2D eigenvalue weighted by Crippen LogP contribution is -2.69. The summed E-state index contributed by atoms with van der Waals surface area (Å²) in [6, 6.07) is -0.793. The van der Waals surface area contributed by atoms with E-state index in [1.165, 1.54) is 4.90 Å². The summed E-state index contributed by atoms with van der Waals surface area (Å²) in [6.45, 7) is -0.326. The van der Waals surface area contributed by atoms with Crippen molar-refractivity contribution in [1.82, 2.24) is 4.90 Å². The molecule has 2 heterocycles.